The average molecular weight is 533 g/mol. The molecule has 1 aliphatic heterocycles. The minimum Gasteiger partial charge on any atom is -0.489 e. The Morgan fingerprint density at radius 2 is 1.64 bits per heavy atom. The van der Waals surface area contributed by atoms with Crippen molar-refractivity contribution in [2.45, 2.75) is 51.4 Å². The molecule has 0 saturated carbocycles. The minimum atomic E-state index is -0.658. The predicted octanol–water partition coefficient (Wildman–Crippen LogP) is 6.12. The van der Waals surface area contributed by atoms with Crippen LogP contribution in [0.15, 0.2) is 78.9 Å². The second kappa shape index (κ2) is 12.0. The molecule has 0 aliphatic carbocycles. The van der Waals surface area contributed by atoms with Crippen LogP contribution >= 0.6 is 0 Å². The van der Waals surface area contributed by atoms with E-state index in [4.69, 9.17) is 14.2 Å². The molecule has 0 N–H and O–H groups in total. The van der Waals surface area contributed by atoms with E-state index in [2.05, 4.69) is 0 Å². The third kappa shape index (κ3) is 7.56. The van der Waals surface area contributed by atoms with Gasteiger partial charge in [-0.15, -0.1) is 0 Å². The Balaban J connectivity index is 1.49. The number of carbonyl (C=O) groups excluding carboxylic acids is 2. The summed E-state index contributed by atoms with van der Waals surface area (Å²) in [5, 5.41) is 11.0. The van der Waals surface area contributed by atoms with Crippen molar-refractivity contribution in [3.05, 3.63) is 106 Å². The van der Waals surface area contributed by atoms with Gasteiger partial charge in [-0.1, -0.05) is 42.5 Å². The fourth-order valence-electron chi connectivity index (χ4n) is 4.39. The summed E-state index contributed by atoms with van der Waals surface area (Å²) >= 11 is 0. The maximum absolute atomic E-state index is 13.0. The summed E-state index contributed by atoms with van der Waals surface area (Å²) in [6.45, 7) is 6.44. The number of amides is 1. The van der Waals surface area contributed by atoms with Crippen LogP contribution < -0.4 is 4.74 Å². The van der Waals surface area contributed by atoms with Gasteiger partial charge in [-0.3, -0.25) is 10.1 Å². The van der Waals surface area contributed by atoms with Gasteiger partial charge in [0.15, 0.2) is 0 Å². The Morgan fingerprint density at radius 1 is 0.974 bits per heavy atom. The number of carbonyl (C=O) groups is 2. The Labute approximate surface area is 227 Å². The molecule has 1 saturated heterocycles. The number of hydrogen-bond donors (Lipinski definition) is 0. The highest BCUT2D eigenvalue weighted by molar-refractivity contribution is 5.89. The maximum atomic E-state index is 13.0. The molecule has 0 aromatic heterocycles. The number of ether oxygens (including phenoxy) is 3. The fraction of sp³-hybridized carbons (Fsp3) is 0.333. The summed E-state index contributed by atoms with van der Waals surface area (Å²) in [5.74, 6) is -0.0733. The minimum absolute atomic E-state index is 0.118. The zero-order valence-corrected chi connectivity index (χ0v) is 22.2. The topological polar surface area (TPSA) is 108 Å². The van der Waals surface area contributed by atoms with Gasteiger partial charge in [-0.05, 0) is 62.6 Å². The van der Waals surface area contributed by atoms with E-state index >= 15 is 0 Å². The normalized spacial score (nSPS) is 17.3. The highest BCUT2D eigenvalue weighted by Crippen LogP contribution is 2.33. The molecule has 2 atom stereocenters. The van der Waals surface area contributed by atoms with Crippen LogP contribution in [0.5, 0.6) is 5.75 Å². The number of likely N-dealkylation sites (tertiary alicyclic amines) is 1. The van der Waals surface area contributed by atoms with E-state index in [1.165, 1.54) is 24.3 Å². The summed E-state index contributed by atoms with van der Waals surface area (Å²) in [6, 6.07) is 22.8. The number of esters is 1. The summed E-state index contributed by atoms with van der Waals surface area (Å²) in [6.07, 6.45) is -0.561. The van der Waals surface area contributed by atoms with Crippen molar-refractivity contribution in [2.24, 2.45) is 0 Å². The van der Waals surface area contributed by atoms with Crippen molar-refractivity contribution in [1.82, 2.24) is 4.90 Å². The molecule has 3 aromatic carbocycles. The van der Waals surface area contributed by atoms with Gasteiger partial charge >= 0.3 is 12.1 Å². The van der Waals surface area contributed by atoms with Crippen molar-refractivity contribution in [1.29, 1.82) is 0 Å². The van der Waals surface area contributed by atoms with Crippen LogP contribution in [0.1, 0.15) is 54.6 Å². The first-order valence-electron chi connectivity index (χ1n) is 12.8. The lowest BCUT2D eigenvalue weighted by atomic mass is 9.87. The van der Waals surface area contributed by atoms with Gasteiger partial charge in [0.05, 0.1) is 17.0 Å². The highest BCUT2D eigenvalue weighted by atomic mass is 16.6. The first-order chi connectivity index (χ1) is 18.6. The number of hydrogen-bond acceptors (Lipinski definition) is 7. The van der Waals surface area contributed by atoms with Crippen LogP contribution in [-0.4, -0.2) is 46.7 Å². The molecule has 204 valence electrons. The number of nitro benzene ring substituents is 1. The van der Waals surface area contributed by atoms with Gasteiger partial charge in [0.1, 0.15) is 24.1 Å². The van der Waals surface area contributed by atoms with Crippen molar-refractivity contribution < 1.29 is 28.7 Å². The molecule has 1 fully saturated rings. The lowest BCUT2D eigenvalue weighted by Gasteiger charge is -2.38. The van der Waals surface area contributed by atoms with E-state index in [0.29, 0.717) is 25.3 Å². The van der Waals surface area contributed by atoms with Gasteiger partial charge in [0.25, 0.3) is 5.69 Å². The van der Waals surface area contributed by atoms with Gasteiger partial charge in [0.2, 0.25) is 0 Å². The predicted molar refractivity (Wildman–Crippen MR) is 145 cm³/mol. The molecule has 39 heavy (non-hydrogen) atoms. The molecule has 9 nitrogen and oxygen atoms in total. The van der Waals surface area contributed by atoms with Crippen LogP contribution in [0, 0.1) is 10.1 Å². The van der Waals surface area contributed by atoms with Gasteiger partial charge in [-0.25, -0.2) is 9.59 Å². The van der Waals surface area contributed by atoms with Crippen molar-refractivity contribution >= 4 is 17.7 Å². The van der Waals surface area contributed by atoms with E-state index in [9.17, 15) is 19.7 Å². The third-order valence-electron chi connectivity index (χ3n) is 6.34. The van der Waals surface area contributed by atoms with Gasteiger partial charge in [0, 0.05) is 24.6 Å². The molecule has 1 amide bonds. The molecular formula is C30H32N2O7. The number of nitrogens with zero attached hydrogens (tertiary/aromatic N) is 2. The maximum Gasteiger partial charge on any atom is 0.410 e. The number of non-ortho nitro benzene ring substituents is 1. The lowest BCUT2D eigenvalue weighted by molar-refractivity contribution is -0.384. The van der Waals surface area contributed by atoms with Crippen LogP contribution in [0.25, 0.3) is 0 Å². The Kier molecular flexibility index (Phi) is 8.49. The molecule has 0 bridgehead atoms. The Hall–Kier alpha value is -4.40. The first-order valence-corrected chi connectivity index (χ1v) is 12.8. The average Bonchev–Trinajstić information content (AvgIpc) is 2.92. The van der Waals surface area contributed by atoms with Crippen LogP contribution in [0.2, 0.25) is 0 Å². The SMILES string of the molecule is CC(C)(C)OC(=O)N1CC[C@H](c2ccc(OCc3ccccc3)cc2)[C@H](OC(=O)c2ccc([N+](=O)[O-])cc2)C1. The fourth-order valence-corrected chi connectivity index (χ4v) is 4.39. The van der Waals surface area contributed by atoms with E-state index in [0.717, 1.165) is 11.1 Å². The molecule has 1 aliphatic rings. The second-order valence-electron chi connectivity index (χ2n) is 10.4. The third-order valence-corrected chi connectivity index (χ3v) is 6.34. The van der Waals surface area contributed by atoms with E-state index in [1.54, 1.807) is 25.7 Å². The van der Waals surface area contributed by atoms with Crippen LogP contribution in [0.4, 0.5) is 10.5 Å². The number of rotatable bonds is 7. The van der Waals surface area contributed by atoms with E-state index in [1.807, 2.05) is 54.6 Å². The number of piperidine rings is 1. The standard InChI is InChI=1S/C30H32N2O7/c1-30(2,3)39-29(34)31-18-17-26(22-11-15-25(16-12-22)37-20-21-7-5-4-6-8-21)27(19-31)38-28(33)23-9-13-24(14-10-23)32(35)36/h4-16,26-27H,17-20H2,1-3H3/t26-,27-/m1/s1. The summed E-state index contributed by atoms with van der Waals surface area (Å²) in [4.78, 5) is 37.8. The molecule has 0 radical (unpaired) electrons. The number of benzene rings is 3. The molecule has 9 heteroatoms. The Bertz CT molecular complexity index is 1290. The van der Waals surface area contributed by atoms with E-state index in [-0.39, 0.29) is 23.7 Å². The molecular weight excluding hydrogens is 500 g/mol. The summed E-state index contributed by atoms with van der Waals surface area (Å²) in [5.41, 5.74) is 1.43. The molecule has 0 spiro atoms. The van der Waals surface area contributed by atoms with Gasteiger partial charge in [-0.2, -0.15) is 0 Å². The van der Waals surface area contributed by atoms with Crippen molar-refractivity contribution in [3.63, 3.8) is 0 Å². The van der Waals surface area contributed by atoms with Crippen molar-refractivity contribution in [2.75, 3.05) is 13.1 Å². The molecule has 4 rings (SSSR count). The second-order valence-corrected chi connectivity index (χ2v) is 10.4. The van der Waals surface area contributed by atoms with Crippen LogP contribution in [0.3, 0.4) is 0 Å². The van der Waals surface area contributed by atoms with E-state index < -0.39 is 28.7 Å². The monoisotopic (exact) mass is 532 g/mol. The quantitative estimate of drug-likeness (QED) is 0.205. The highest BCUT2D eigenvalue weighted by Gasteiger charge is 2.37. The summed E-state index contributed by atoms with van der Waals surface area (Å²) < 4.78 is 17.3. The molecule has 3 aromatic rings. The number of nitro groups is 1. The zero-order valence-electron chi connectivity index (χ0n) is 22.2. The first kappa shape index (κ1) is 27.6. The summed E-state index contributed by atoms with van der Waals surface area (Å²) in [7, 11) is 0. The Morgan fingerprint density at radius 3 is 2.26 bits per heavy atom. The van der Waals surface area contributed by atoms with Crippen molar-refractivity contribution in [3.8, 4) is 5.75 Å². The largest absolute Gasteiger partial charge is 0.489 e. The molecule has 1 heterocycles. The molecule has 0 unspecified atom stereocenters. The van der Waals surface area contributed by atoms with Gasteiger partial charge < -0.3 is 19.1 Å². The zero-order chi connectivity index (χ0) is 28.0. The van der Waals surface area contributed by atoms with Crippen LogP contribution in [-0.2, 0) is 16.1 Å². The smallest absolute Gasteiger partial charge is 0.410 e. The lowest BCUT2D eigenvalue weighted by Crippen LogP contribution is -2.49.